The first kappa shape index (κ1) is 18.8. The van der Waals surface area contributed by atoms with Crippen molar-refractivity contribution in [3.63, 3.8) is 0 Å². The predicted molar refractivity (Wildman–Crippen MR) is 112 cm³/mol. The maximum Gasteiger partial charge on any atom is 0.225 e. The van der Waals surface area contributed by atoms with Crippen LogP contribution in [0.5, 0.6) is 0 Å². The van der Waals surface area contributed by atoms with Gasteiger partial charge in [-0.3, -0.25) is 0 Å². The maximum absolute atomic E-state index is 5.74. The Bertz CT molecular complexity index is 987. The molecular weight excluding hydrogens is 370 g/mol. The number of nitrogens with zero attached hydrogens (tertiary/aromatic N) is 6. The zero-order chi connectivity index (χ0) is 19.5. The van der Waals surface area contributed by atoms with Gasteiger partial charge in [0.15, 0.2) is 12.5 Å². The van der Waals surface area contributed by atoms with Crippen molar-refractivity contribution in [2.75, 3.05) is 31.1 Å². The zero-order valence-electron chi connectivity index (χ0n) is 16.4. The Balaban J connectivity index is 1.50. The maximum atomic E-state index is 5.74. The first-order chi connectivity index (χ1) is 13.7. The van der Waals surface area contributed by atoms with Gasteiger partial charge in [0, 0.05) is 24.5 Å². The molecule has 1 aliphatic rings. The molecule has 1 fully saturated rings. The molecule has 0 bridgehead atoms. The summed E-state index contributed by atoms with van der Waals surface area (Å²) in [6, 6.07) is 10.2. The molecule has 2 aromatic heterocycles. The monoisotopic (exact) mass is 396 g/mol. The second-order valence-electron chi connectivity index (χ2n) is 7.11. The summed E-state index contributed by atoms with van der Waals surface area (Å²) >= 11 is 5.74. The van der Waals surface area contributed by atoms with Gasteiger partial charge in [0.05, 0.1) is 26.2 Å². The van der Waals surface area contributed by atoms with Crippen molar-refractivity contribution in [1.82, 2.24) is 24.3 Å². The van der Waals surface area contributed by atoms with Gasteiger partial charge in [-0.2, -0.15) is 4.68 Å². The second-order valence-corrected chi connectivity index (χ2v) is 7.47. The molecule has 0 radical (unpaired) electrons. The number of nitrogens with one attached hydrogen (secondary N) is 1. The summed E-state index contributed by atoms with van der Waals surface area (Å²) in [4.78, 5) is 12.4. The Labute approximate surface area is 170 Å². The van der Waals surface area contributed by atoms with Gasteiger partial charge in [-0.1, -0.05) is 24.3 Å². The van der Waals surface area contributed by atoms with E-state index in [0.29, 0.717) is 0 Å². The van der Waals surface area contributed by atoms with E-state index < -0.39 is 0 Å². The molecule has 1 aliphatic heterocycles. The smallest absolute Gasteiger partial charge is 0.225 e. The lowest BCUT2D eigenvalue weighted by Gasteiger charge is -2.31. The number of piperazine rings is 1. The number of quaternary nitrogens is 1. The number of hydrogen-bond acceptors (Lipinski definition) is 5. The van der Waals surface area contributed by atoms with E-state index in [1.807, 2.05) is 10.7 Å². The summed E-state index contributed by atoms with van der Waals surface area (Å²) in [5.74, 6) is 1.77. The van der Waals surface area contributed by atoms with Crippen LogP contribution in [-0.2, 0) is 13.2 Å². The van der Waals surface area contributed by atoms with Crippen LogP contribution in [0.15, 0.2) is 42.7 Å². The van der Waals surface area contributed by atoms with Crippen molar-refractivity contribution in [3.8, 4) is 11.4 Å². The highest BCUT2D eigenvalue weighted by molar-refractivity contribution is 7.71. The van der Waals surface area contributed by atoms with Crippen LogP contribution in [0.4, 0.5) is 5.95 Å². The standard InChI is InChI=1S/C20H25N7S/c1-3-26-18(17-8-5-4-7-16(17)2)23-27(20(26)28)15-24-11-13-25(14-12-24)19-21-9-6-10-22-19/h4-10H,3,11-15H2,1-2H3/p+1. The molecule has 0 saturated carbocycles. The van der Waals surface area contributed by atoms with Crippen molar-refractivity contribution in [2.24, 2.45) is 0 Å². The van der Waals surface area contributed by atoms with Crippen LogP contribution in [0.25, 0.3) is 11.4 Å². The van der Waals surface area contributed by atoms with E-state index in [-0.39, 0.29) is 0 Å². The zero-order valence-corrected chi connectivity index (χ0v) is 17.2. The van der Waals surface area contributed by atoms with Gasteiger partial charge >= 0.3 is 0 Å². The molecule has 0 aliphatic carbocycles. The lowest BCUT2D eigenvalue weighted by Crippen LogP contribution is -3.14. The SMILES string of the molecule is CCn1c(-c2ccccc2C)nn(C[NH+]2CCN(c3ncccn3)CC2)c1=S. The van der Waals surface area contributed by atoms with Gasteiger partial charge in [0.25, 0.3) is 0 Å². The minimum Gasteiger partial charge on any atom is -0.330 e. The van der Waals surface area contributed by atoms with E-state index in [2.05, 4.69) is 57.5 Å². The second kappa shape index (κ2) is 8.20. The Morgan fingerprint density at radius 3 is 2.46 bits per heavy atom. The van der Waals surface area contributed by atoms with Crippen LogP contribution < -0.4 is 9.80 Å². The third-order valence-corrected chi connectivity index (χ3v) is 5.74. The van der Waals surface area contributed by atoms with Crippen molar-refractivity contribution in [3.05, 3.63) is 53.1 Å². The summed E-state index contributed by atoms with van der Waals surface area (Å²) in [6.07, 6.45) is 3.59. The molecule has 146 valence electrons. The minimum absolute atomic E-state index is 0.786. The Hall–Kier alpha value is -2.58. The predicted octanol–water partition coefficient (Wildman–Crippen LogP) is 1.56. The largest absolute Gasteiger partial charge is 0.330 e. The van der Waals surface area contributed by atoms with E-state index >= 15 is 0 Å². The minimum atomic E-state index is 0.786. The first-order valence-electron chi connectivity index (χ1n) is 9.76. The number of rotatable bonds is 5. The van der Waals surface area contributed by atoms with Crippen molar-refractivity contribution < 1.29 is 4.90 Å². The highest BCUT2D eigenvalue weighted by atomic mass is 32.1. The van der Waals surface area contributed by atoms with Gasteiger partial charge in [-0.25, -0.2) is 9.97 Å². The number of aromatic nitrogens is 5. The van der Waals surface area contributed by atoms with Gasteiger partial charge in [-0.05, 0) is 37.7 Å². The Morgan fingerprint density at radius 1 is 1.07 bits per heavy atom. The van der Waals surface area contributed by atoms with Crippen molar-refractivity contribution in [1.29, 1.82) is 0 Å². The Kier molecular flexibility index (Phi) is 5.50. The van der Waals surface area contributed by atoms with Gasteiger partial charge in [0.1, 0.15) is 0 Å². The molecule has 1 N–H and O–H groups in total. The summed E-state index contributed by atoms with van der Waals surface area (Å²) in [7, 11) is 0. The third-order valence-electron chi connectivity index (χ3n) is 5.30. The van der Waals surface area contributed by atoms with Crippen LogP contribution in [0, 0.1) is 11.7 Å². The van der Waals surface area contributed by atoms with E-state index in [1.54, 1.807) is 12.4 Å². The fraction of sp³-hybridized carbons (Fsp3) is 0.400. The van der Waals surface area contributed by atoms with E-state index in [4.69, 9.17) is 17.3 Å². The number of benzene rings is 1. The molecule has 0 amide bonds. The van der Waals surface area contributed by atoms with E-state index in [1.165, 1.54) is 10.5 Å². The van der Waals surface area contributed by atoms with Crippen LogP contribution in [0.3, 0.4) is 0 Å². The fourth-order valence-corrected chi connectivity index (χ4v) is 4.02. The highest BCUT2D eigenvalue weighted by Crippen LogP contribution is 2.22. The highest BCUT2D eigenvalue weighted by Gasteiger charge is 2.23. The molecule has 1 aromatic carbocycles. The van der Waals surface area contributed by atoms with Crippen LogP contribution in [0.1, 0.15) is 12.5 Å². The first-order valence-corrected chi connectivity index (χ1v) is 10.2. The van der Waals surface area contributed by atoms with Crippen LogP contribution >= 0.6 is 12.2 Å². The number of hydrogen-bond donors (Lipinski definition) is 1. The fourth-order valence-electron chi connectivity index (χ4n) is 3.70. The van der Waals surface area contributed by atoms with E-state index in [9.17, 15) is 0 Å². The van der Waals surface area contributed by atoms with Gasteiger partial charge in [0.2, 0.25) is 10.7 Å². The number of anilines is 1. The molecular formula is C20H26N7S+. The summed E-state index contributed by atoms with van der Waals surface area (Å²) in [5.41, 5.74) is 2.36. The molecule has 8 heteroatoms. The average Bonchev–Trinajstić information content (AvgIpc) is 3.04. The molecule has 3 heterocycles. The molecule has 3 aromatic rings. The molecule has 0 spiro atoms. The van der Waals surface area contributed by atoms with Gasteiger partial charge in [-0.15, -0.1) is 5.10 Å². The molecule has 1 saturated heterocycles. The summed E-state index contributed by atoms with van der Waals surface area (Å²) in [6.45, 7) is 9.74. The number of aryl methyl sites for hydroxylation is 1. The molecule has 0 atom stereocenters. The van der Waals surface area contributed by atoms with Gasteiger partial charge < -0.3 is 14.4 Å². The molecule has 28 heavy (non-hydrogen) atoms. The van der Waals surface area contributed by atoms with Crippen LogP contribution in [-0.4, -0.2) is 50.5 Å². The molecule has 0 unspecified atom stereocenters. The van der Waals surface area contributed by atoms with Crippen molar-refractivity contribution >= 4 is 18.2 Å². The van der Waals surface area contributed by atoms with Crippen LogP contribution in [0.2, 0.25) is 0 Å². The molecule has 7 nitrogen and oxygen atoms in total. The quantitative estimate of drug-likeness (QED) is 0.664. The normalized spacial score (nSPS) is 15.1. The molecule has 4 rings (SSSR count). The lowest BCUT2D eigenvalue weighted by molar-refractivity contribution is -0.924. The topological polar surface area (TPSA) is 56.2 Å². The average molecular weight is 397 g/mol. The third kappa shape index (κ3) is 3.70. The lowest BCUT2D eigenvalue weighted by atomic mass is 10.1. The Morgan fingerprint density at radius 2 is 1.79 bits per heavy atom. The summed E-state index contributed by atoms with van der Waals surface area (Å²) in [5, 5.41) is 4.90. The van der Waals surface area contributed by atoms with E-state index in [0.717, 1.165) is 61.5 Å². The van der Waals surface area contributed by atoms with Crippen molar-refractivity contribution in [2.45, 2.75) is 27.1 Å². The summed E-state index contributed by atoms with van der Waals surface area (Å²) < 4.78 is 4.91.